The molecule has 2 aromatic rings. The second-order valence-corrected chi connectivity index (χ2v) is 6.41. The van der Waals surface area contributed by atoms with Gasteiger partial charge in [-0.3, -0.25) is 0 Å². The minimum Gasteiger partial charge on any atom is -0.452 e. The lowest BCUT2D eigenvalue weighted by atomic mass is 9.84. The van der Waals surface area contributed by atoms with Crippen LogP contribution in [-0.2, 0) is 10.3 Å². The molecule has 2 atom stereocenters. The van der Waals surface area contributed by atoms with Crippen LogP contribution in [0, 0.1) is 5.82 Å². The molecule has 3 rings (SSSR count). The number of hydrogen-bond donors (Lipinski definition) is 1. The highest BCUT2D eigenvalue weighted by Crippen LogP contribution is 2.42. The first-order chi connectivity index (χ1) is 13.1. The van der Waals surface area contributed by atoms with Crippen LogP contribution in [-0.4, -0.2) is 30.0 Å². The SMILES string of the molecule is NC1=NC(CF)(c2cc(Oc3ncccc3Cl)ccc2F)CC(C(F)(F)F)O1. The number of ether oxygens (including phenoxy) is 2. The second kappa shape index (κ2) is 7.42. The molecule has 0 bridgehead atoms. The van der Waals surface area contributed by atoms with E-state index >= 15 is 0 Å². The Morgan fingerprint density at radius 3 is 2.71 bits per heavy atom. The Morgan fingerprint density at radius 2 is 2.07 bits per heavy atom. The van der Waals surface area contributed by atoms with E-state index in [-0.39, 0.29) is 16.7 Å². The van der Waals surface area contributed by atoms with E-state index in [2.05, 4.69) is 14.7 Å². The third kappa shape index (κ3) is 3.96. The predicted octanol–water partition coefficient (Wildman–Crippen LogP) is 4.50. The predicted molar refractivity (Wildman–Crippen MR) is 90.5 cm³/mol. The Balaban J connectivity index is 2.03. The maximum absolute atomic E-state index is 14.5. The Labute approximate surface area is 160 Å². The number of alkyl halides is 4. The fourth-order valence-corrected chi connectivity index (χ4v) is 2.93. The Bertz CT molecular complexity index is 909. The fourth-order valence-electron chi connectivity index (χ4n) is 2.77. The summed E-state index contributed by atoms with van der Waals surface area (Å²) in [7, 11) is 0. The van der Waals surface area contributed by atoms with Crippen LogP contribution in [0.2, 0.25) is 5.02 Å². The van der Waals surface area contributed by atoms with Crippen LogP contribution in [0.5, 0.6) is 11.6 Å². The number of rotatable bonds is 4. The average Bonchev–Trinajstić information content (AvgIpc) is 2.63. The summed E-state index contributed by atoms with van der Waals surface area (Å²) in [5, 5.41) is 0.152. The molecule has 1 aromatic heterocycles. The van der Waals surface area contributed by atoms with E-state index < -0.39 is 48.3 Å². The van der Waals surface area contributed by atoms with Crippen LogP contribution in [0.25, 0.3) is 0 Å². The lowest BCUT2D eigenvalue weighted by Crippen LogP contribution is -2.48. The van der Waals surface area contributed by atoms with Gasteiger partial charge in [0.1, 0.15) is 28.8 Å². The Kier molecular flexibility index (Phi) is 5.33. The third-order valence-electron chi connectivity index (χ3n) is 4.07. The zero-order valence-corrected chi connectivity index (χ0v) is 14.8. The molecule has 2 unspecified atom stereocenters. The zero-order valence-electron chi connectivity index (χ0n) is 14.0. The molecule has 2 heterocycles. The number of nitrogens with two attached hydrogens (primary N) is 1. The summed E-state index contributed by atoms with van der Waals surface area (Å²) in [5.41, 5.74) is 2.64. The molecule has 28 heavy (non-hydrogen) atoms. The highest BCUT2D eigenvalue weighted by atomic mass is 35.5. The van der Waals surface area contributed by atoms with Crippen molar-refractivity contribution in [2.45, 2.75) is 24.2 Å². The number of halogens is 6. The molecule has 0 aliphatic carbocycles. The van der Waals surface area contributed by atoms with Crippen molar-refractivity contribution in [1.29, 1.82) is 0 Å². The van der Waals surface area contributed by atoms with Crippen LogP contribution in [0.3, 0.4) is 0 Å². The number of hydrogen-bond acceptors (Lipinski definition) is 5. The van der Waals surface area contributed by atoms with E-state index in [9.17, 15) is 22.0 Å². The molecule has 0 saturated heterocycles. The molecule has 0 fully saturated rings. The van der Waals surface area contributed by atoms with Gasteiger partial charge in [0.05, 0.1) is 0 Å². The quantitative estimate of drug-likeness (QED) is 0.738. The minimum absolute atomic E-state index is 0.0146. The van der Waals surface area contributed by atoms with Gasteiger partial charge in [0, 0.05) is 18.2 Å². The smallest absolute Gasteiger partial charge is 0.425 e. The molecule has 0 amide bonds. The molecular formula is C17H13ClF5N3O2. The number of aliphatic imine (C=N–C) groups is 1. The van der Waals surface area contributed by atoms with Gasteiger partial charge in [-0.1, -0.05) is 11.6 Å². The summed E-state index contributed by atoms with van der Waals surface area (Å²) >= 11 is 5.94. The van der Waals surface area contributed by atoms with E-state index in [0.717, 1.165) is 12.1 Å². The van der Waals surface area contributed by atoms with Gasteiger partial charge in [-0.05, 0) is 30.3 Å². The summed E-state index contributed by atoms with van der Waals surface area (Å²) in [6.07, 6.45) is -6.87. The first kappa shape index (κ1) is 20.1. The van der Waals surface area contributed by atoms with Crippen LogP contribution in [0.1, 0.15) is 12.0 Å². The van der Waals surface area contributed by atoms with Gasteiger partial charge in [-0.25, -0.2) is 18.8 Å². The molecule has 1 aromatic carbocycles. The van der Waals surface area contributed by atoms with Crippen molar-refractivity contribution in [1.82, 2.24) is 4.98 Å². The van der Waals surface area contributed by atoms with Gasteiger partial charge in [0.2, 0.25) is 5.88 Å². The average molecular weight is 422 g/mol. The van der Waals surface area contributed by atoms with Gasteiger partial charge < -0.3 is 15.2 Å². The summed E-state index contributed by atoms with van der Waals surface area (Å²) in [4.78, 5) is 7.55. The molecule has 1 aliphatic rings. The van der Waals surface area contributed by atoms with Crippen LogP contribution >= 0.6 is 11.6 Å². The van der Waals surface area contributed by atoms with Crippen molar-refractivity contribution in [3.63, 3.8) is 0 Å². The first-order valence-corrected chi connectivity index (χ1v) is 8.25. The molecule has 5 nitrogen and oxygen atoms in total. The molecule has 1 aliphatic heterocycles. The van der Waals surface area contributed by atoms with Crippen molar-refractivity contribution < 1.29 is 31.4 Å². The lowest BCUT2D eigenvalue weighted by molar-refractivity contribution is -0.209. The molecular weight excluding hydrogens is 409 g/mol. The van der Waals surface area contributed by atoms with Crippen molar-refractivity contribution in [2.24, 2.45) is 10.7 Å². The second-order valence-electron chi connectivity index (χ2n) is 6.00. The van der Waals surface area contributed by atoms with Gasteiger partial charge in [-0.2, -0.15) is 13.2 Å². The summed E-state index contributed by atoms with van der Waals surface area (Å²) in [6.45, 7) is -1.44. The standard InChI is InChI=1S/C17H13ClF5N3O2/c18-11-2-1-5-25-14(11)27-9-3-4-12(20)10(6-9)16(8-19)7-13(17(21,22)23)28-15(24)26-16/h1-6,13H,7-8H2,(H2,24,26). The van der Waals surface area contributed by atoms with E-state index in [1.54, 1.807) is 6.07 Å². The van der Waals surface area contributed by atoms with Crippen LogP contribution in [0.15, 0.2) is 41.5 Å². The maximum Gasteiger partial charge on any atom is 0.425 e. The molecule has 150 valence electrons. The molecule has 0 saturated carbocycles. The summed E-state index contributed by atoms with van der Waals surface area (Å²) < 4.78 is 77.7. The van der Waals surface area contributed by atoms with Gasteiger partial charge in [-0.15, -0.1) is 0 Å². The summed E-state index contributed by atoms with van der Waals surface area (Å²) in [5.74, 6) is -1.01. The molecule has 2 N–H and O–H groups in total. The van der Waals surface area contributed by atoms with Gasteiger partial charge >= 0.3 is 6.18 Å². The number of nitrogens with zero attached hydrogens (tertiary/aromatic N) is 2. The third-order valence-corrected chi connectivity index (χ3v) is 4.36. The van der Waals surface area contributed by atoms with Crippen molar-refractivity contribution >= 4 is 17.6 Å². The van der Waals surface area contributed by atoms with Crippen LogP contribution in [0.4, 0.5) is 22.0 Å². The first-order valence-electron chi connectivity index (χ1n) is 7.88. The summed E-state index contributed by atoms with van der Waals surface area (Å²) in [6, 6.07) is 5.32. The van der Waals surface area contributed by atoms with E-state index in [0.29, 0.717) is 0 Å². The van der Waals surface area contributed by atoms with Crippen LogP contribution < -0.4 is 10.5 Å². The minimum atomic E-state index is -4.84. The molecule has 0 radical (unpaired) electrons. The van der Waals surface area contributed by atoms with Crippen molar-refractivity contribution in [2.75, 3.05) is 6.67 Å². The normalized spacial score (nSPS) is 22.4. The number of amidine groups is 1. The van der Waals surface area contributed by atoms with Gasteiger partial charge in [0.15, 0.2) is 6.10 Å². The fraction of sp³-hybridized carbons (Fsp3) is 0.294. The topological polar surface area (TPSA) is 69.7 Å². The molecule has 0 spiro atoms. The van der Waals surface area contributed by atoms with Gasteiger partial charge in [0.25, 0.3) is 6.02 Å². The monoisotopic (exact) mass is 421 g/mol. The highest BCUT2D eigenvalue weighted by molar-refractivity contribution is 6.31. The lowest BCUT2D eigenvalue weighted by Gasteiger charge is -2.36. The largest absolute Gasteiger partial charge is 0.452 e. The Hall–Kier alpha value is -2.62. The van der Waals surface area contributed by atoms with E-state index in [1.165, 1.54) is 18.3 Å². The number of benzene rings is 1. The Morgan fingerprint density at radius 1 is 1.32 bits per heavy atom. The van der Waals surface area contributed by atoms with E-state index in [4.69, 9.17) is 22.1 Å². The zero-order chi connectivity index (χ0) is 20.5. The maximum atomic E-state index is 14.5. The number of pyridine rings is 1. The van der Waals surface area contributed by atoms with E-state index in [1.807, 2.05) is 0 Å². The number of aromatic nitrogens is 1. The highest BCUT2D eigenvalue weighted by Gasteiger charge is 2.52. The van der Waals surface area contributed by atoms with Crippen molar-refractivity contribution in [3.8, 4) is 11.6 Å². The molecule has 11 heteroatoms. The van der Waals surface area contributed by atoms with Crippen molar-refractivity contribution in [3.05, 3.63) is 52.9 Å².